The van der Waals surface area contributed by atoms with Crippen molar-refractivity contribution in [3.63, 3.8) is 0 Å². The zero-order chi connectivity index (χ0) is 10.7. The smallest absolute Gasteiger partial charge is 0.226 e. The molecule has 0 saturated heterocycles. The van der Waals surface area contributed by atoms with Crippen LogP contribution in [0.4, 0.5) is 0 Å². The molecule has 0 bridgehead atoms. The van der Waals surface area contributed by atoms with E-state index in [1.54, 1.807) is 6.26 Å². The normalized spacial score (nSPS) is 10.5. The minimum Gasteiger partial charge on any atom is -0.444 e. The van der Waals surface area contributed by atoms with E-state index in [1.165, 1.54) is 0 Å². The number of oxazole rings is 1. The molecule has 1 aromatic carbocycles. The van der Waals surface area contributed by atoms with Gasteiger partial charge in [0.15, 0.2) is 0 Å². The zero-order valence-electron chi connectivity index (χ0n) is 8.53. The Morgan fingerprint density at radius 2 is 2.00 bits per heavy atom. The number of halogens is 1. The van der Waals surface area contributed by atoms with Crippen LogP contribution in [0.1, 0.15) is 19.0 Å². The van der Waals surface area contributed by atoms with Crippen LogP contribution in [0.15, 0.2) is 34.9 Å². The predicted molar refractivity (Wildman–Crippen MR) is 60.9 cm³/mol. The van der Waals surface area contributed by atoms with Gasteiger partial charge in [0.1, 0.15) is 6.26 Å². The van der Waals surface area contributed by atoms with Gasteiger partial charge in [-0.2, -0.15) is 0 Å². The summed E-state index contributed by atoms with van der Waals surface area (Å²) in [6, 6.07) is 7.48. The molecule has 0 spiro atoms. The first-order valence-corrected chi connectivity index (χ1v) is 5.37. The Morgan fingerprint density at radius 3 is 2.67 bits per heavy atom. The summed E-state index contributed by atoms with van der Waals surface area (Å²) in [5.41, 5.74) is 1.96. The summed E-state index contributed by atoms with van der Waals surface area (Å²) in [7, 11) is 0. The molecule has 2 nitrogen and oxygen atoms in total. The maximum atomic E-state index is 5.80. The average molecular weight is 222 g/mol. The third-order valence-electron chi connectivity index (χ3n) is 2.15. The highest BCUT2D eigenvalue weighted by Gasteiger charge is 2.05. The summed E-state index contributed by atoms with van der Waals surface area (Å²) < 4.78 is 5.39. The van der Waals surface area contributed by atoms with E-state index in [1.807, 2.05) is 24.3 Å². The minimum atomic E-state index is 0.662. The molecule has 2 rings (SSSR count). The fraction of sp³-hybridized carbons (Fsp3) is 0.250. The van der Waals surface area contributed by atoms with E-state index in [0.717, 1.165) is 29.1 Å². The van der Waals surface area contributed by atoms with Gasteiger partial charge in [-0.1, -0.05) is 24.9 Å². The van der Waals surface area contributed by atoms with Gasteiger partial charge in [0.05, 0.1) is 5.69 Å². The number of hydrogen-bond acceptors (Lipinski definition) is 2. The van der Waals surface area contributed by atoms with Crippen molar-refractivity contribution in [1.82, 2.24) is 4.98 Å². The molecule has 0 saturated carbocycles. The van der Waals surface area contributed by atoms with Crippen LogP contribution in [-0.4, -0.2) is 4.98 Å². The van der Waals surface area contributed by atoms with Crippen LogP contribution in [0.3, 0.4) is 0 Å². The average Bonchev–Trinajstić information content (AvgIpc) is 2.68. The maximum absolute atomic E-state index is 5.80. The molecule has 0 aliphatic rings. The van der Waals surface area contributed by atoms with Crippen molar-refractivity contribution in [2.24, 2.45) is 0 Å². The molecule has 0 atom stereocenters. The molecule has 0 aliphatic carbocycles. The van der Waals surface area contributed by atoms with E-state index in [4.69, 9.17) is 16.0 Å². The number of hydrogen-bond donors (Lipinski definition) is 0. The van der Waals surface area contributed by atoms with Gasteiger partial charge >= 0.3 is 0 Å². The van der Waals surface area contributed by atoms with Gasteiger partial charge in [0.25, 0.3) is 0 Å². The molecule has 2 aromatic rings. The predicted octanol–water partition coefficient (Wildman–Crippen LogP) is 3.95. The molecule has 0 unspecified atom stereocenters. The fourth-order valence-corrected chi connectivity index (χ4v) is 1.53. The van der Waals surface area contributed by atoms with Crippen molar-refractivity contribution in [3.8, 4) is 11.5 Å². The lowest BCUT2D eigenvalue weighted by molar-refractivity contribution is 0.572. The summed E-state index contributed by atoms with van der Waals surface area (Å²) >= 11 is 5.80. The van der Waals surface area contributed by atoms with Gasteiger partial charge in [-0.3, -0.25) is 0 Å². The van der Waals surface area contributed by atoms with Crippen LogP contribution in [0.2, 0.25) is 5.02 Å². The van der Waals surface area contributed by atoms with Gasteiger partial charge in [-0.25, -0.2) is 4.98 Å². The van der Waals surface area contributed by atoms with E-state index >= 15 is 0 Å². The Kier molecular flexibility index (Phi) is 3.07. The highest BCUT2D eigenvalue weighted by atomic mass is 35.5. The van der Waals surface area contributed by atoms with Crippen molar-refractivity contribution in [1.29, 1.82) is 0 Å². The van der Waals surface area contributed by atoms with Gasteiger partial charge in [0.2, 0.25) is 5.89 Å². The summed E-state index contributed by atoms with van der Waals surface area (Å²) in [6.07, 6.45) is 3.75. The molecular formula is C12H12ClNO. The summed E-state index contributed by atoms with van der Waals surface area (Å²) in [6.45, 7) is 2.12. The van der Waals surface area contributed by atoms with Gasteiger partial charge < -0.3 is 4.42 Å². The lowest BCUT2D eigenvalue weighted by Gasteiger charge is -1.94. The molecule has 0 radical (unpaired) electrons. The Balaban J connectivity index is 2.25. The van der Waals surface area contributed by atoms with Crippen molar-refractivity contribution in [2.75, 3.05) is 0 Å². The first-order chi connectivity index (χ1) is 7.29. The summed E-state index contributed by atoms with van der Waals surface area (Å²) in [5.74, 6) is 0.662. The second-order valence-corrected chi connectivity index (χ2v) is 3.84. The van der Waals surface area contributed by atoms with E-state index in [9.17, 15) is 0 Å². The third kappa shape index (κ3) is 2.39. The maximum Gasteiger partial charge on any atom is 0.226 e. The SMILES string of the molecule is CCCc1coc(-c2ccc(Cl)cc2)n1. The lowest BCUT2D eigenvalue weighted by Crippen LogP contribution is -1.83. The van der Waals surface area contributed by atoms with Gasteiger partial charge in [-0.15, -0.1) is 0 Å². The highest BCUT2D eigenvalue weighted by molar-refractivity contribution is 6.30. The van der Waals surface area contributed by atoms with Crippen LogP contribution in [0.25, 0.3) is 11.5 Å². The molecule has 0 amide bonds. The first kappa shape index (κ1) is 10.2. The van der Waals surface area contributed by atoms with Crippen molar-refractivity contribution < 1.29 is 4.42 Å². The fourth-order valence-electron chi connectivity index (χ4n) is 1.40. The Morgan fingerprint density at radius 1 is 1.27 bits per heavy atom. The number of nitrogens with zero attached hydrogens (tertiary/aromatic N) is 1. The van der Waals surface area contributed by atoms with E-state index in [0.29, 0.717) is 5.89 Å². The van der Waals surface area contributed by atoms with Gasteiger partial charge in [-0.05, 0) is 30.7 Å². The lowest BCUT2D eigenvalue weighted by atomic mass is 10.2. The molecule has 0 fully saturated rings. The molecule has 3 heteroatoms. The quantitative estimate of drug-likeness (QED) is 0.785. The second-order valence-electron chi connectivity index (χ2n) is 3.40. The number of rotatable bonds is 3. The van der Waals surface area contributed by atoms with Crippen LogP contribution < -0.4 is 0 Å². The van der Waals surface area contributed by atoms with Crippen LogP contribution in [0.5, 0.6) is 0 Å². The highest BCUT2D eigenvalue weighted by Crippen LogP contribution is 2.21. The summed E-state index contributed by atoms with van der Waals surface area (Å²) in [5, 5.41) is 0.721. The van der Waals surface area contributed by atoms with Crippen molar-refractivity contribution in [2.45, 2.75) is 19.8 Å². The van der Waals surface area contributed by atoms with Gasteiger partial charge in [0, 0.05) is 10.6 Å². The van der Waals surface area contributed by atoms with E-state index in [-0.39, 0.29) is 0 Å². The van der Waals surface area contributed by atoms with E-state index in [2.05, 4.69) is 11.9 Å². The first-order valence-electron chi connectivity index (χ1n) is 5.00. The third-order valence-corrected chi connectivity index (χ3v) is 2.40. The zero-order valence-corrected chi connectivity index (χ0v) is 9.29. The Labute approximate surface area is 93.9 Å². The van der Waals surface area contributed by atoms with Crippen LogP contribution in [0, 0.1) is 0 Å². The molecule has 15 heavy (non-hydrogen) atoms. The monoisotopic (exact) mass is 221 g/mol. The molecular weight excluding hydrogens is 210 g/mol. The number of benzene rings is 1. The van der Waals surface area contributed by atoms with Crippen LogP contribution >= 0.6 is 11.6 Å². The Hall–Kier alpha value is -1.28. The molecule has 0 aliphatic heterocycles. The number of aryl methyl sites for hydroxylation is 1. The van der Waals surface area contributed by atoms with Crippen LogP contribution in [-0.2, 0) is 6.42 Å². The largest absolute Gasteiger partial charge is 0.444 e. The standard InChI is InChI=1S/C12H12ClNO/c1-2-3-11-8-15-12(14-11)9-4-6-10(13)7-5-9/h4-8H,2-3H2,1H3. The van der Waals surface area contributed by atoms with E-state index < -0.39 is 0 Å². The molecule has 1 heterocycles. The Bertz CT molecular complexity index is 433. The summed E-state index contributed by atoms with van der Waals surface area (Å²) in [4.78, 5) is 4.39. The van der Waals surface area contributed by atoms with Crippen molar-refractivity contribution >= 4 is 11.6 Å². The molecule has 78 valence electrons. The topological polar surface area (TPSA) is 26.0 Å². The minimum absolute atomic E-state index is 0.662. The molecule has 1 aromatic heterocycles. The van der Waals surface area contributed by atoms with Crippen molar-refractivity contribution in [3.05, 3.63) is 41.2 Å². The second kappa shape index (κ2) is 4.49. The number of aromatic nitrogens is 1. The molecule has 0 N–H and O–H groups in total.